The van der Waals surface area contributed by atoms with Crippen LogP contribution in [-0.2, 0) is 29.3 Å². The van der Waals surface area contributed by atoms with Gasteiger partial charge in [-0.1, -0.05) is 41.9 Å². The average molecular weight is 462 g/mol. The van der Waals surface area contributed by atoms with Crippen molar-refractivity contribution in [2.24, 2.45) is 0 Å². The summed E-state index contributed by atoms with van der Waals surface area (Å²) < 4.78 is 27.3. The number of aromatic nitrogens is 1. The largest absolute Gasteiger partial charge is 0.308 e. The Hall–Kier alpha value is -1.77. The molecule has 1 unspecified atom stereocenters. The van der Waals surface area contributed by atoms with Gasteiger partial charge in [0, 0.05) is 29.4 Å². The number of hydrogen-bond acceptors (Lipinski definition) is 5. The number of aryl methyl sites for hydroxylation is 1. The van der Waals surface area contributed by atoms with Gasteiger partial charge in [0.15, 0.2) is 0 Å². The summed E-state index contributed by atoms with van der Waals surface area (Å²) >= 11 is 7.75. The van der Waals surface area contributed by atoms with Gasteiger partial charge in [0.25, 0.3) is 0 Å². The van der Waals surface area contributed by atoms with Crippen LogP contribution in [-0.4, -0.2) is 26.5 Å². The maximum Gasteiger partial charge on any atom is 0.240 e. The average Bonchev–Trinajstić information content (AvgIpc) is 3.18. The minimum absolute atomic E-state index is 0.205. The summed E-state index contributed by atoms with van der Waals surface area (Å²) in [7, 11) is -3.45. The third kappa shape index (κ3) is 5.28. The molecule has 0 aliphatic carbocycles. The van der Waals surface area contributed by atoms with Crippen molar-refractivity contribution >= 4 is 33.0 Å². The van der Waals surface area contributed by atoms with Crippen LogP contribution in [0.5, 0.6) is 0 Å². The van der Waals surface area contributed by atoms with Gasteiger partial charge in [0.05, 0.1) is 21.6 Å². The summed E-state index contributed by atoms with van der Waals surface area (Å²) in [4.78, 5) is 6.53. The summed E-state index contributed by atoms with van der Waals surface area (Å²) in [5.41, 5.74) is 2.37. The van der Waals surface area contributed by atoms with Crippen molar-refractivity contribution in [3.8, 4) is 0 Å². The molecular formula is C22H24ClN3O2S2. The van der Waals surface area contributed by atoms with E-state index in [0.29, 0.717) is 17.9 Å². The van der Waals surface area contributed by atoms with E-state index in [1.54, 1.807) is 41.7 Å². The van der Waals surface area contributed by atoms with E-state index in [2.05, 4.69) is 22.2 Å². The molecule has 3 aromatic rings. The summed E-state index contributed by atoms with van der Waals surface area (Å²) in [6.45, 7) is 1.34. The number of benzene rings is 2. The van der Waals surface area contributed by atoms with Gasteiger partial charge in [0.2, 0.25) is 10.0 Å². The molecule has 2 aromatic carbocycles. The maximum atomic E-state index is 12.3. The van der Waals surface area contributed by atoms with Crippen LogP contribution in [0.3, 0.4) is 0 Å². The van der Waals surface area contributed by atoms with Crippen molar-refractivity contribution in [2.75, 3.05) is 13.1 Å². The Morgan fingerprint density at radius 1 is 1.13 bits per heavy atom. The number of sulfonamides is 1. The van der Waals surface area contributed by atoms with E-state index >= 15 is 0 Å². The van der Waals surface area contributed by atoms with Crippen LogP contribution >= 0.6 is 22.9 Å². The molecule has 30 heavy (non-hydrogen) atoms. The Labute approximate surface area is 186 Å². The molecule has 1 aromatic heterocycles. The van der Waals surface area contributed by atoms with Crippen molar-refractivity contribution in [1.82, 2.24) is 15.0 Å². The van der Waals surface area contributed by atoms with Crippen molar-refractivity contribution < 1.29 is 8.42 Å². The summed E-state index contributed by atoms with van der Waals surface area (Å²) in [5.74, 6) is 0. The molecule has 4 rings (SSSR count). The second-order valence-electron chi connectivity index (χ2n) is 7.32. The highest BCUT2D eigenvalue weighted by Crippen LogP contribution is 2.30. The fourth-order valence-corrected chi connectivity index (χ4v) is 5.98. The first-order valence-corrected chi connectivity index (χ1v) is 12.7. The Morgan fingerprint density at radius 3 is 2.67 bits per heavy atom. The van der Waals surface area contributed by atoms with E-state index < -0.39 is 10.0 Å². The monoisotopic (exact) mass is 461 g/mol. The van der Waals surface area contributed by atoms with Crippen LogP contribution in [0.1, 0.15) is 33.6 Å². The Morgan fingerprint density at radius 2 is 1.90 bits per heavy atom. The zero-order chi connectivity index (χ0) is 21.0. The second kappa shape index (κ2) is 9.58. The Balaban J connectivity index is 1.34. The van der Waals surface area contributed by atoms with Gasteiger partial charge < -0.3 is 5.32 Å². The SMILES string of the molecule is O=S(=O)(NCCCc1nc2c(s1)CCNC2Cc1ccc(Cl)cc1)c1ccccc1. The molecule has 0 bridgehead atoms. The quantitative estimate of drug-likeness (QED) is 0.494. The Bertz CT molecular complexity index is 1080. The highest BCUT2D eigenvalue weighted by Gasteiger charge is 2.24. The van der Waals surface area contributed by atoms with Crippen molar-refractivity contribution in [1.29, 1.82) is 0 Å². The molecule has 8 heteroatoms. The standard InChI is InChI=1S/C22H24ClN3O2S2/c23-17-10-8-16(9-11-17)15-19-22-20(12-14-24-19)29-21(26-22)7-4-13-25-30(27,28)18-5-2-1-3-6-18/h1-3,5-6,8-11,19,24-25H,4,7,12-15H2. The van der Waals surface area contributed by atoms with Crippen molar-refractivity contribution in [2.45, 2.75) is 36.6 Å². The molecule has 0 fully saturated rings. The van der Waals surface area contributed by atoms with Gasteiger partial charge >= 0.3 is 0 Å². The number of halogens is 1. The summed E-state index contributed by atoms with van der Waals surface area (Å²) in [6.07, 6.45) is 3.35. The summed E-state index contributed by atoms with van der Waals surface area (Å²) in [5, 5.41) is 5.39. The lowest BCUT2D eigenvalue weighted by atomic mass is 9.99. The van der Waals surface area contributed by atoms with Gasteiger partial charge in [-0.05, 0) is 49.1 Å². The lowest BCUT2D eigenvalue weighted by Gasteiger charge is -2.23. The first-order chi connectivity index (χ1) is 14.5. The van der Waals surface area contributed by atoms with Gasteiger partial charge in [-0.2, -0.15) is 0 Å². The van der Waals surface area contributed by atoms with Crippen molar-refractivity contribution in [3.63, 3.8) is 0 Å². The fourth-order valence-electron chi connectivity index (χ4n) is 3.58. The first kappa shape index (κ1) is 21.5. The predicted molar refractivity (Wildman–Crippen MR) is 122 cm³/mol. The highest BCUT2D eigenvalue weighted by molar-refractivity contribution is 7.89. The second-order valence-corrected chi connectivity index (χ2v) is 10.7. The van der Waals surface area contributed by atoms with E-state index in [4.69, 9.17) is 16.6 Å². The molecule has 158 valence electrons. The van der Waals surface area contributed by atoms with Crippen LogP contribution in [0.25, 0.3) is 0 Å². The number of nitrogens with one attached hydrogen (secondary N) is 2. The number of nitrogens with zero attached hydrogens (tertiary/aromatic N) is 1. The Kier molecular flexibility index (Phi) is 6.85. The van der Waals surface area contributed by atoms with E-state index in [1.807, 2.05) is 12.1 Å². The van der Waals surface area contributed by atoms with Crippen LogP contribution in [0.4, 0.5) is 0 Å². The fraction of sp³-hybridized carbons (Fsp3) is 0.318. The third-order valence-corrected chi connectivity index (χ3v) is 8.03. The molecule has 0 amide bonds. The first-order valence-electron chi connectivity index (χ1n) is 10.0. The van der Waals surface area contributed by atoms with E-state index in [-0.39, 0.29) is 6.04 Å². The molecule has 2 heterocycles. The van der Waals surface area contributed by atoms with Gasteiger partial charge in [-0.15, -0.1) is 11.3 Å². The smallest absolute Gasteiger partial charge is 0.240 e. The molecule has 1 atom stereocenters. The minimum Gasteiger partial charge on any atom is -0.308 e. The number of fused-ring (bicyclic) bond motifs is 1. The molecule has 1 aliphatic heterocycles. The summed E-state index contributed by atoms with van der Waals surface area (Å²) in [6, 6.07) is 16.6. The predicted octanol–water partition coefficient (Wildman–Crippen LogP) is 4.14. The highest BCUT2D eigenvalue weighted by atomic mass is 35.5. The zero-order valence-corrected chi connectivity index (χ0v) is 18.9. The molecule has 0 radical (unpaired) electrons. The number of rotatable bonds is 8. The van der Waals surface area contributed by atoms with Crippen molar-refractivity contribution in [3.05, 3.63) is 80.8 Å². The molecule has 5 nitrogen and oxygen atoms in total. The van der Waals surface area contributed by atoms with E-state index in [9.17, 15) is 8.42 Å². The van der Waals surface area contributed by atoms with Crippen LogP contribution < -0.4 is 10.0 Å². The lowest BCUT2D eigenvalue weighted by molar-refractivity contribution is 0.495. The van der Waals surface area contributed by atoms with Crippen LogP contribution in [0, 0.1) is 0 Å². The molecule has 1 aliphatic rings. The maximum absolute atomic E-state index is 12.3. The lowest BCUT2D eigenvalue weighted by Crippen LogP contribution is -2.30. The van der Waals surface area contributed by atoms with Gasteiger partial charge in [0.1, 0.15) is 0 Å². The van der Waals surface area contributed by atoms with Gasteiger partial charge in [-0.3, -0.25) is 0 Å². The normalized spacial score (nSPS) is 16.4. The molecular weight excluding hydrogens is 438 g/mol. The zero-order valence-electron chi connectivity index (χ0n) is 16.5. The number of hydrogen-bond donors (Lipinski definition) is 2. The van der Waals surface area contributed by atoms with Crippen LogP contribution in [0.2, 0.25) is 5.02 Å². The van der Waals surface area contributed by atoms with Gasteiger partial charge in [-0.25, -0.2) is 18.1 Å². The molecule has 0 saturated heterocycles. The molecule has 2 N–H and O–H groups in total. The number of thiazole rings is 1. The molecule has 0 spiro atoms. The molecule has 0 saturated carbocycles. The topological polar surface area (TPSA) is 71.1 Å². The van der Waals surface area contributed by atoms with E-state index in [1.165, 1.54) is 10.4 Å². The van der Waals surface area contributed by atoms with Crippen LogP contribution in [0.15, 0.2) is 59.5 Å². The van der Waals surface area contributed by atoms with E-state index in [0.717, 1.165) is 41.5 Å². The third-order valence-electron chi connectivity index (χ3n) is 5.11. The minimum atomic E-state index is -3.45.